The molecule has 3 rings (SSSR count). The van der Waals surface area contributed by atoms with Crippen molar-refractivity contribution in [2.75, 3.05) is 6.61 Å². The summed E-state index contributed by atoms with van der Waals surface area (Å²) in [6.07, 6.45) is 3.44. The number of oxazole rings is 1. The lowest BCUT2D eigenvalue weighted by Gasteiger charge is -2.15. The number of fused-ring (bicyclic) bond motifs is 1. The van der Waals surface area contributed by atoms with E-state index in [4.69, 9.17) is 20.8 Å². The van der Waals surface area contributed by atoms with E-state index < -0.39 is 13.8 Å². The van der Waals surface area contributed by atoms with Crippen LogP contribution in [0.1, 0.15) is 25.5 Å². The fourth-order valence-electron chi connectivity index (χ4n) is 2.76. The summed E-state index contributed by atoms with van der Waals surface area (Å²) in [7, 11) is -1.20. The highest BCUT2D eigenvalue weighted by Gasteiger charge is 2.19. The van der Waals surface area contributed by atoms with Gasteiger partial charge in [0.1, 0.15) is 12.2 Å². The third-order valence-electron chi connectivity index (χ3n) is 4.52. The second kappa shape index (κ2) is 8.19. The van der Waals surface area contributed by atoms with Crippen molar-refractivity contribution in [2.45, 2.75) is 52.2 Å². The summed E-state index contributed by atoms with van der Waals surface area (Å²) in [5.41, 5.74) is 3.14. The van der Waals surface area contributed by atoms with Crippen LogP contribution in [0.4, 0.5) is 0 Å². The molecule has 0 aliphatic rings. The first-order chi connectivity index (χ1) is 13.2. The number of rotatable bonds is 7. The number of aromatic nitrogens is 3. The number of hydrogen-bond acceptors (Lipinski definition) is 5. The van der Waals surface area contributed by atoms with Gasteiger partial charge in [0.15, 0.2) is 5.58 Å². The largest absolute Gasteiger partial charge is 0.421 e. The molecule has 0 amide bonds. The predicted molar refractivity (Wildman–Crippen MR) is 115 cm³/mol. The third kappa shape index (κ3) is 4.53. The average Bonchev–Trinajstić information content (AvgIpc) is 2.95. The van der Waals surface area contributed by atoms with Crippen molar-refractivity contribution in [3.8, 4) is 11.3 Å². The van der Waals surface area contributed by atoms with Gasteiger partial charge in [-0.15, -0.1) is 0 Å². The van der Waals surface area contributed by atoms with Crippen LogP contribution >= 0.6 is 11.6 Å². The summed E-state index contributed by atoms with van der Waals surface area (Å²) in [6, 6.07) is 4.56. The highest BCUT2D eigenvalue weighted by Crippen LogP contribution is 2.32. The van der Waals surface area contributed by atoms with Gasteiger partial charge in [-0.2, -0.15) is 0 Å². The van der Waals surface area contributed by atoms with Crippen LogP contribution in [0.2, 0.25) is 30.7 Å². The molecule has 0 fully saturated rings. The summed E-state index contributed by atoms with van der Waals surface area (Å²) in [4.78, 5) is 21.4. The van der Waals surface area contributed by atoms with Crippen LogP contribution in [-0.2, 0) is 11.5 Å². The molecule has 0 saturated heterocycles. The van der Waals surface area contributed by atoms with Crippen LogP contribution in [0, 0.1) is 0 Å². The molecular weight excluding hydrogens is 394 g/mol. The second-order valence-electron chi connectivity index (χ2n) is 8.40. The van der Waals surface area contributed by atoms with E-state index in [1.807, 2.05) is 0 Å². The van der Waals surface area contributed by atoms with Crippen molar-refractivity contribution in [3.63, 3.8) is 0 Å². The molecule has 3 aromatic rings. The fraction of sp³-hybridized carbons (Fsp3) is 0.450. The standard InChI is InChI=1S/C20H26ClN3O3Si/c1-13(2)16-10-23-17(11-22-16)14-6-7-15(21)18-19(14)27-20(25)24(18)12-26-8-9-28(3,4)5/h6-7,10-11,13H,8-9,12H2,1-5H3. The minimum absolute atomic E-state index is 0.109. The molecule has 1 aromatic carbocycles. The maximum atomic E-state index is 12.4. The smallest absolute Gasteiger partial charge is 0.407 e. The molecule has 0 bridgehead atoms. The van der Waals surface area contributed by atoms with Gasteiger partial charge in [-0.05, 0) is 24.1 Å². The van der Waals surface area contributed by atoms with E-state index in [0.29, 0.717) is 39.9 Å². The number of halogens is 1. The van der Waals surface area contributed by atoms with E-state index >= 15 is 0 Å². The lowest BCUT2D eigenvalue weighted by Crippen LogP contribution is -2.23. The van der Waals surface area contributed by atoms with E-state index in [0.717, 1.165) is 11.7 Å². The molecule has 0 N–H and O–H groups in total. The first kappa shape index (κ1) is 20.8. The van der Waals surface area contributed by atoms with Gasteiger partial charge in [0.25, 0.3) is 0 Å². The Labute approximate surface area is 170 Å². The van der Waals surface area contributed by atoms with Gasteiger partial charge in [-0.1, -0.05) is 45.1 Å². The van der Waals surface area contributed by atoms with Crippen LogP contribution in [-0.4, -0.2) is 29.2 Å². The Morgan fingerprint density at radius 3 is 2.57 bits per heavy atom. The van der Waals surface area contributed by atoms with E-state index in [1.165, 1.54) is 4.57 Å². The van der Waals surface area contributed by atoms with E-state index in [1.54, 1.807) is 24.5 Å². The lowest BCUT2D eigenvalue weighted by atomic mass is 10.1. The zero-order valence-electron chi connectivity index (χ0n) is 17.0. The fourth-order valence-corrected chi connectivity index (χ4v) is 3.77. The zero-order chi connectivity index (χ0) is 20.5. The maximum absolute atomic E-state index is 12.4. The molecule has 6 nitrogen and oxygen atoms in total. The van der Waals surface area contributed by atoms with Gasteiger partial charge in [-0.25, -0.2) is 9.36 Å². The molecule has 0 saturated carbocycles. The summed E-state index contributed by atoms with van der Waals surface area (Å²) in [6.45, 7) is 11.7. The zero-order valence-corrected chi connectivity index (χ0v) is 18.7. The molecule has 2 heterocycles. The van der Waals surface area contributed by atoms with Crippen molar-refractivity contribution in [1.29, 1.82) is 0 Å². The number of hydrogen-bond donors (Lipinski definition) is 0. The van der Waals surface area contributed by atoms with Gasteiger partial charge < -0.3 is 9.15 Å². The van der Waals surface area contributed by atoms with E-state index in [2.05, 4.69) is 43.5 Å². The summed E-state index contributed by atoms with van der Waals surface area (Å²) in [5.74, 6) is -0.205. The van der Waals surface area contributed by atoms with Crippen LogP contribution in [0.3, 0.4) is 0 Å². The third-order valence-corrected chi connectivity index (χ3v) is 6.53. The minimum atomic E-state index is -1.20. The molecule has 0 spiro atoms. The molecule has 2 aromatic heterocycles. The SMILES string of the molecule is CC(C)c1cnc(-c2ccc(Cl)c3c2oc(=O)n3COCC[Si](C)(C)C)cn1. The molecule has 8 heteroatoms. The van der Waals surface area contributed by atoms with Gasteiger partial charge in [0.2, 0.25) is 0 Å². The minimum Gasteiger partial charge on any atom is -0.407 e. The highest BCUT2D eigenvalue weighted by molar-refractivity contribution is 6.76. The van der Waals surface area contributed by atoms with Gasteiger partial charge in [0.05, 0.1) is 22.6 Å². The monoisotopic (exact) mass is 419 g/mol. The Balaban J connectivity index is 1.95. The van der Waals surface area contributed by atoms with Gasteiger partial charge in [0, 0.05) is 26.4 Å². The molecule has 0 unspecified atom stereocenters. The van der Waals surface area contributed by atoms with Crippen molar-refractivity contribution in [3.05, 3.63) is 45.8 Å². The van der Waals surface area contributed by atoms with Crippen molar-refractivity contribution in [1.82, 2.24) is 14.5 Å². The molecule has 28 heavy (non-hydrogen) atoms. The lowest BCUT2D eigenvalue weighted by molar-refractivity contribution is 0.0850. The summed E-state index contributed by atoms with van der Waals surface area (Å²) >= 11 is 6.38. The van der Waals surface area contributed by atoms with Gasteiger partial charge >= 0.3 is 5.76 Å². The van der Waals surface area contributed by atoms with Crippen molar-refractivity contribution in [2.24, 2.45) is 0 Å². The number of nitrogens with zero attached hydrogens (tertiary/aromatic N) is 3. The summed E-state index contributed by atoms with van der Waals surface area (Å²) < 4.78 is 12.7. The van der Waals surface area contributed by atoms with E-state index in [-0.39, 0.29) is 6.73 Å². The normalized spacial score (nSPS) is 12.2. The molecular formula is C20H26ClN3O3Si. The van der Waals surface area contributed by atoms with E-state index in [9.17, 15) is 4.79 Å². The Morgan fingerprint density at radius 2 is 1.96 bits per heavy atom. The Kier molecular flexibility index (Phi) is 6.07. The molecule has 0 atom stereocenters. The molecule has 0 radical (unpaired) electrons. The Bertz CT molecular complexity index is 1020. The molecule has 150 valence electrons. The van der Waals surface area contributed by atoms with Crippen LogP contribution in [0.15, 0.2) is 33.7 Å². The molecule has 0 aliphatic heterocycles. The van der Waals surface area contributed by atoms with Crippen LogP contribution in [0.5, 0.6) is 0 Å². The first-order valence-corrected chi connectivity index (χ1v) is 13.5. The topological polar surface area (TPSA) is 70.2 Å². The predicted octanol–water partition coefficient (Wildman–Crippen LogP) is 5.14. The Hall–Kier alpha value is -1.96. The Morgan fingerprint density at radius 1 is 1.21 bits per heavy atom. The summed E-state index contributed by atoms with van der Waals surface area (Å²) in [5, 5.41) is 0.435. The first-order valence-electron chi connectivity index (χ1n) is 9.39. The highest BCUT2D eigenvalue weighted by atomic mass is 35.5. The number of ether oxygens (including phenoxy) is 1. The average molecular weight is 420 g/mol. The van der Waals surface area contributed by atoms with Gasteiger partial charge in [-0.3, -0.25) is 9.97 Å². The van der Waals surface area contributed by atoms with Crippen molar-refractivity contribution >= 4 is 30.8 Å². The maximum Gasteiger partial charge on any atom is 0.421 e. The molecule has 0 aliphatic carbocycles. The van der Waals surface area contributed by atoms with Crippen LogP contribution in [0.25, 0.3) is 22.4 Å². The number of benzene rings is 1. The van der Waals surface area contributed by atoms with Crippen molar-refractivity contribution < 1.29 is 9.15 Å². The second-order valence-corrected chi connectivity index (χ2v) is 14.4. The quantitative estimate of drug-likeness (QED) is 0.391. The van der Waals surface area contributed by atoms with Crippen LogP contribution < -0.4 is 5.76 Å².